The van der Waals surface area contributed by atoms with Crippen LogP contribution in [0.25, 0.3) is 0 Å². The van der Waals surface area contributed by atoms with Crippen molar-refractivity contribution in [2.24, 2.45) is 5.92 Å². The van der Waals surface area contributed by atoms with E-state index in [-0.39, 0.29) is 5.91 Å². The highest BCUT2D eigenvalue weighted by molar-refractivity contribution is 5.93. The van der Waals surface area contributed by atoms with Crippen LogP contribution >= 0.6 is 0 Å². The lowest BCUT2D eigenvalue weighted by atomic mass is 10.1. The molecule has 1 aliphatic carbocycles. The predicted molar refractivity (Wildman–Crippen MR) is 69.3 cm³/mol. The summed E-state index contributed by atoms with van der Waals surface area (Å²) in [7, 11) is 0. The van der Waals surface area contributed by atoms with E-state index >= 15 is 0 Å². The zero-order chi connectivity index (χ0) is 12.4. The van der Waals surface area contributed by atoms with Gasteiger partial charge in [0.25, 0.3) is 5.91 Å². The van der Waals surface area contributed by atoms with Gasteiger partial charge >= 0.3 is 0 Å². The van der Waals surface area contributed by atoms with Gasteiger partial charge in [0.2, 0.25) is 0 Å². The van der Waals surface area contributed by atoms with Crippen LogP contribution < -0.4 is 5.32 Å². The quantitative estimate of drug-likeness (QED) is 0.869. The molecule has 1 atom stereocenters. The number of amides is 1. The molecule has 96 valence electrons. The van der Waals surface area contributed by atoms with E-state index in [0.717, 1.165) is 19.1 Å². The monoisotopic (exact) mass is 245 g/mol. The van der Waals surface area contributed by atoms with E-state index < -0.39 is 0 Å². The molecule has 18 heavy (non-hydrogen) atoms. The van der Waals surface area contributed by atoms with Crippen molar-refractivity contribution in [1.82, 2.24) is 15.2 Å². The van der Waals surface area contributed by atoms with Crippen molar-refractivity contribution in [3.63, 3.8) is 0 Å². The number of hydrogen-bond acceptors (Lipinski definition) is 3. The number of rotatable bonds is 4. The zero-order valence-electron chi connectivity index (χ0n) is 10.5. The topological polar surface area (TPSA) is 45.2 Å². The summed E-state index contributed by atoms with van der Waals surface area (Å²) >= 11 is 0. The van der Waals surface area contributed by atoms with Crippen molar-refractivity contribution in [3.05, 3.63) is 30.1 Å². The number of likely N-dealkylation sites (tertiary alicyclic amines) is 1. The Bertz CT molecular complexity index is 416. The number of nitrogens with one attached hydrogen (secondary N) is 1. The smallest absolute Gasteiger partial charge is 0.251 e. The van der Waals surface area contributed by atoms with Gasteiger partial charge < -0.3 is 10.2 Å². The molecule has 0 aromatic carbocycles. The van der Waals surface area contributed by atoms with Crippen LogP contribution in [-0.2, 0) is 0 Å². The van der Waals surface area contributed by atoms with E-state index in [0.29, 0.717) is 11.5 Å². The average molecular weight is 245 g/mol. The number of hydrogen-bond donors (Lipinski definition) is 1. The molecule has 1 saturated carbocycles. The number of aromatic nitrogens is 1. The molecule has 4 nitrogen and oxygen atoms in total. The molecule has 1 N–H and O–H groups in total. The Morgan fingerprint density at radius 1 is 1.33 bits per heavy atom. The lowest BCUT2D eigenvalue weighted by molar-refractivity contribution is 0.0947. The third kappa shape index (κ3) is 2.70. The molecule has 0 radical (unpaired) electrons. The minimum atomic E-state index is 0.0160. The fourth-order valence-electron chi connectivity index (χ4n) is 2.64. The minimum absolute atomic E-state index is 0.0160. The zero-order valence-corrected chi connectivity index (χ0v) is 10.5. The Morgan fingerprint density at radius 3 is 2.83 bits per heavy atom. The Labute approximate surface area is 107 Å². The Balaban J connectivity index is 1.45. The van der Waals surface area contributed by atoms with Crippen LogP contribution in [0.15, 0.2) is 24.5 Å². The summed E-state index contributed by atoms with van der Waals surface area (Å²) in [5.41, 5.74) is 0.696. The Kier molecular flexibility index (Phi) is 3.28. The maximum atomic E-state index is 11.9. The summed E-state index contributed by atoms with van der Waals surface area (Å²) in [6.45, 7) is 3.16. The highest BCUT2D eigenvalue weighted by Gasteiger charge is 2.34. The third-order valence-corrected chi connectivity index (χ3v) is 3.87. The van der Waals surface area contributed by atoms with E-state index in [1.165, 1.54) is 25.8 Å². The lowest BCUT2D eigenvalue weighted by Gasteiger charge is -2.15. The van der Waals surface area contributed by atoms with Gasteiger partial charge in [-0.2, -0.15) is 0 Å². The third-order valence-electron chi connectivity index (χ3n) is 3.87. The first-order valence-corrected chi connectivity index (χ1v) is 6.75. The standard InChI is InChI=1S/C14H19N3O/c18-14(12-3-6-15-7-4-12)16-9-11-5-8-17(10-11)13-1-2-13/h3-4,6-7,11,13H,1-2,5,8-10H2,(H,16,18). The van der Waals surface area contributed by atoms with Gasteiger partial charge in [-0.15, -0.1) is 0 Å². The highest BCUT2D eigenvalue weighted by atomic mass is 16.1. The average Bonchev–Trinajstić information content (AvgIpc) is 3.16. The van der Waals surface area contributed by atoms with Crippen LogP contribution in [0.4, 0.5) is 0 Å². The van der Waals surface area contributed by atoms with Gasteiger partial charge in [-0.25, -0.2) is 0 Å². The first kappa shape index (κ1) is 11.7. The van der Waals surface area contributed by atoms with Gasteiger partial charge in [0.1, 0.15) is 0 Å². The van der Waals surface area contributed by atoms with E-state index in [1.807, 2.05) is 0 Å². The summed E-state index contributed by atoms with van der Waals surface area (Å²) in [5.74, 6) is 0.638. The molecular formula is C14H19N3O. The highest BCUT2D eigenvalue weighted by Crippen LogP contribution is 2.31. The molecular weight excluding hydrogens is 226 g/mol. The van der Waals surface area contributed by atoms with Crippen molar-refractivity contribution in [2.45, 2.75) is 25.3 Å². The first-order chi connectivity index (χ1) is 8.83. The molecule has 1 amide bonds. The molecule has 1 unspecified atom stereocenters. The Morgan fingerprint density at radius 2 is 2.11 bits per heavy atom. The van der Waals surface area contributed by atoms with Gasteiger partial charge in [0, 0.05) is 37.1 Å². The molecule has 1 saturated heterocycles. The molecule has 1 aliphatic heterocycles. The van der Waals surface area contributed by atoms with Crippen LogP contribution in [0.5, 0.6) is 0 Å². The maximum Gasteiger partial charge on any atom is 0.251 e. The van der Waals surface area contributed by atoms with Crippen molar-refractivity contribution in [3.8, 4) is 0 Å². The molecule has 1 aromatic rings. The summed E-state index contributed by atoms with van der Waals surface area (Å²) in [5, 5.41) is 3.03. The number of carbonyl (C=O) groups excluding carboxylic acids is 1. The largest absolute Gasteiger partial charge is 0.352 e. The van der Waals surface area contributed by atoms with Crippen molar-refractivity contribution in [2.75, 3.05) is 19.6 Å². The summed E-state index contributed by atoms with van der Waals surface area (Å²) in [4.78, 5) is 18.4. The second-order valence-corrected chi connectivity index (χ2v) is 5.33. The summed E-state index contributed by atoms with van der Waals surface area (Å²) in [6.07, 6.45) is 7.26. The van der Waals surface area contributed by atoms with Gasteiger partial charge in [-0.3, -0.25) is 9.78 Å². The molecule has 3 rings (SSSR count). The molecule has 4 heteroatoms. The van der Waals surface area contributed by atoms with E-state index in [2.05, 4.69) is 15.2 Å². The van der Waals surface area contributed by atoms with Gasteiger partial charge in [0.05, 0.1) is 0 Å². The number of carbonyl (C=O) groups is 1. The van der Waals surface area contributed by atoms with Crippen LogP contribution in [0.2, 0.25) is 0 Å². The van der Waals surface area contributed by atoms with Crippen LogP contribution in [0.3, 0.4) is 0 Å². The summed E-state index contributed by atoms with van der Waals surface area (Å²) < 4.78 is 0. The van der Waals surface area contributed by atoms with E-state index in [4.69, 9.17) is 0 Å². The van der Waals surface area contributed by atoms with E-state index in [9.17, 15) is 4.79 Å². The number of nitrogens with zero attached hydrogens (tertiary/aromatic N) is 2. The van der Waals surface area contributed by atoms with Gasteiger partial charge in [-0.05, 0) is 43.9 Å². The van der Waals surface area contributed by atoms with Crippen LogP contribution in [0.1, 0.15) is 29.6 Å². The van der Waals surface area contributed by atoms with Crippen molar-refractivity contribution >= 4 is 5.91 Å². The van der Waals surface area contributed by atoms with Gasteiger partial charge in [-0.1, -0.05) is 0 Å². The normalized spacial score (nSPS) is 24.1. The number of pyridine rings is 1. The molecule has 1 aromatic heterocycles. The van der Waals surface area contributed by atoms with Crippen LogP contribution in [0, 0.1) is 5.92 Å². The molecule has 0 spiro atoms. The maximum absolute atomic E-state index is 11.9. The Hall–Kier alpha value is -1.42. The fourth-order valence-corrected chi connectivity index (χ4v) is 2.64. The fraction of sp³-hybridized carbons (Fsp3) is 0.571. The van der Waals surface area contributed by atoms with Crippen molar-refractivity contribution < 1.29 is 4.79 Å². The molecule has 2 aliphatic rings. The van der Waals surface area contributed by atoms with Crippen molar-refractivity contribution in [1.29, 1.82) is 0 Å². The second kappa shape index (κ2) is 5.06. The SMILES string of the molecule is O=C(NCC1CCN(C2CC2)C1)c1ccncc1. The summed E-state index contributed by atoms with van der Waals surface area (Å²) in [6, 6.07) is 4.35. The first-order valence-electron chi connectivity index (χ1n) is 6.75. The lowest BCUT2D eigenvalue weighted by Crippen LogP contribution is -2.31. The second-order valence-electron chi connectivity index (χ2n) is 5.33. The predicted octanol–water partition coefficient (Wildman–Crippen LogP) is 1.30. The molecule has 0 bridgehead atoms. The van der Waals surface area contributed by atoms with Crippen LogP contribution in [-0.4, -0.2) is 41.5 Å². The van der Waals surface area contributed by atoms with E-state index in [1.54, 1.807) is 24.5 Å². The van der Waals surface area contributed by atoms with Gasteiger partial charge in [0.15, 0.2) is 0 Å². The molecule has 2 fully saturated rings. The molecule has 2 heterocycles. The minimum Gasteiger partial charge on any atom is -0.352 e.